The molecule has 0 aromatic carbocycles. The van der Waals surface area contributed by atoms with Crippen LogP contribution >= 0.6 is 12.2 Å². The van der Waals surface area contributed by atoms with Crippen molar-refractivity contribution in [3.05, 3.63) is 6.07 Å². The lowest BCUT2D eigenvalue weighted by molar-refractivity contribution is 0.114. The predicted molar refractivity (Wildman–Crippen MR) is 123 cm³/mol. The van der Waals surface area contributed by atoms with Gasteiger partial charge in [-0.2, -0.15) is 9.97 Å². The Morgan fingerprint density at radius 3 is 2.47 bits per heavy atom. The summed E-state index contributed by atoms with van der Waals surface area (Å²) >= 11 is 5.50. The fraction of sp³-hybridized carbons (Fsp3) is 0.762. The molecule has 9 heteroatoms. The molecule has 8 nitrogen and oxygen atoms in total. The van der Waals surface area contributed by atoms with Crippen molar-refractivity contribution < 1.29 is 9.47 Å². The highest BCUT2D eigenvalue weighted by Crippen LogP contribution is 2.28. The van der Waals surface area contributed by atoms with E-state index in [1.807, 2.05) is 0 Å². The van der Waals surface area contributed by atoms with Gasteiger partial charge < -0.3 is 29.9 Å². The third-order valence-electron chi connectivity index (χ3n) is 5.97. The van der Waals surface area contributed by atoms with E-state index < -0.39 is 0 Å². The summed E-state index contributed by atoms with van der Waals surface area (Å²) in [4.78, 5) is 14.3. The molecule has 3 saturated heterocycles. The Labute approximate surface area is 184 Å². The first-order chi connectivity index (χ1) is 14.6. The monoisotopic (exact) mass is 434 g/mol. The molecular formula is C21H34N6O2S. The van der Waals surface area contributed by atoms with Gasteiger partial charge in [-0.15, -0.1) is 0 Å². The van der Waals surface area contributed by atoms with Gasteiger partial charge in [-0.25, -0.2) is 0 Å². The molecule has 0 radical (unpaired) electrons. The average molecular weight is 435 g/mol. The van der Waals surface area contributed by atoms with Crippen LogP contribution < -0.4 is 20.4 Å². The quantitative estimate of drug-likeness (QED) is 0.679. The van der Waals surface area contributed by atoms with Crippen LogP contribution in [-0.2, 0) is 9.47 Å². The van der Waals surface area contributed by atoms with Gasteiger partial charge in [-0.1, -0.05) is 13.8 Å². The summed E-state index contributed by atoms with van der Waals surface area (Å²) in [5.74, 6) is 3.75. The molecule has 0 aliphatic carbocycles. The van der Waals surface area contributed by atoms with Gasteiger partial charge in [-0.05, 0) is 43.3 Å². The second-order valence-electron chi connectivity index (χ2n) is 8.83. The van der Waals surface area contributed by atoms with E-state index >= 15 is 0 Å². The molecule has 1 aromatic heterocycles. The first-order valence-electron chi connectivity index (χ1n) is 11.2. The first-order valence-corrected chi connectivity index (χ1v) is 11.6. The molecule has 3 aliphatic rings. The summed E-state index contributed by atoms with van der Waals surface area (Å²) in [6.45, 7) is 11.3. The molecule has 0 saturated carbocycles. The lowest BCUT2D eigenvalue weighted by Crippen LogP contribution is -2.40. The lowest BCUT2D eigenvalue weighted by atomic mass is 9.92. The van der Waals surface area contributed by atoms with E-state index in [1.54, 1.807) is 0 Å². The zero-order valence-corrected chi connectivity index (χ0v) is 18.9. The van der Waals surface area contributed by atoms with Crippen molar-refractivity contribution in [1.82, 2.24) is 15.3 Å². The standard InChI is InChI=1S/C21H34N6O2S/c1-15-10-16(2)14-27(13-15)19-11-18(26-5-8-28-9-6-26)23-20(24-19)25-21(30)22-12-17-4-3-7-29-17/h11,15-17H,3-10,12-14H2,1-2H3,(H2,22,23,24,25,30)/t15-,16-,17-/m0/s1. The summed E-state index contributed by atoms with van der Waals surface area (Å²) in [6.07, 6.45) is 3.69. The van der Waals surface area contributed by atoms with Gasteiger partial charge in [0.1, 0.15) is 11.6 Å². The molecule has 3 fully saturated rings. The second-order valence-corrected chi connectivity index (χ2v) is 9.24. The van der Waals surface area contributed by atoms with E-state index in [9.17, 15) is 0 Å². The molecule has 30 heavy (non-hydrogen) atoms. The van der Waals surface area contributed by atoms with Gasteiger partial charge in [-0.3, -0.25) is 0 Å². The minimum atomic E-state index is 0.234. The Bertz CT molecular complexity index is 713. The number of hydrogen-bond donors (Lipinski definition) is 2. The van der Waals surface area contributed by atoms with Gasteiger partial charge in [0.15, 0.2) is 5.11 Å². The van der Waals surface area contributed by atoms with E-state index in [2.05, 4.69) is 40.3 Å². The maximum atomic E-state index is 5.66. The van der Waals surface area contributed by atoms with Crippen molar-refractivity contribution in [2.24, 2.45) is 11.8 Å². The molecular weight excluding hydrogens is 400 g/mol. The average Bonchev–Trinajstić information content (AvgIpc) is 3.26. The van der Waals surface area contributed by atoms with Crippen LogP contribution in [0.5, 0.6) is 0 Å². The summed E-state index contributed by atoms with van der Waals surface area (Å²) in [5.41, 5.74) is 0. The van der Waals surface area contributed by atoms with Gasteiger partial charge in [0, 0.05) is 45.4 Å². The molecule has 2 N–H and O–H groups in total. The minimum absolute atomic E-state index is 0.234. The summed E-state index contributed by atoms with van der Waals surface area (Å²) < 4.78 is 11.2. The molecule has 0 unspecified atom stereocenters. The largest absolute Gasteiger partial charge is 0.378 e. The van der Waals surface area contributed by atoms with Crippen molar-refractivity contribution >= 4 is 34.9 Å². The van der Waals surface area contributed by atoms with Crippen molar-refractivity contribution in [3.63, 3.8) is 0 Å². The maximum Gasteiger partial charge on any atom is 0.232 e. The summed E-state index contributed by atoms with van der Waals surface area (Å²) in [5, 5.41) is 7.00. The number of ether oxygens (including phenoxy) is 2. The molecule has 4 rings (SSSR count). The maximum absolute atomic E-state index is 5.66. The Hall–Kier alpha value is -1.71. The van der Waals surface area contributed by atoms with E-state index in [0.717, 1.165) is 70.5 Å². The Kier molecular flexibility index (Phi) is 7.22. The number of piperidine rings is 1. The highest BCUT2D eigenvalue weighted by atomic mass is 32.1. The molecule has 0 bridgehead atoms. The molecule has 3 aliphatic heterocycles. The lowest BCUT2D eigenvalue weighted by Gasteiger charge is -2.36. The van der Waals surface area contributed by atoms with Crippen molar-refractivity contribution in [1.29, 1.82) is 0 Å². The first kappa shape index (κ1) is 21.5. The number of morpholine rings is 1. The van der Waals surface area contributed by atoms with E-state index in [-0.39, 0.29) is 6.10 Å². The molecule has 1 aromatic rings. The Morgan fingerprint density at radius 2 is 1.80 bits per heavy atom. The number of hydrogen-bond acceptors (Lipinski definition) is 7. The number of rotatable bonds is 5. The molecule has 3 atom stereocenters. The summed E-state index contributed by atoms with van der Waals surface area (Å²) in [6, 6.07) is 2.12. The summed E-state index contributed by atoms with van der Waals surface area (Å²) in [7, 11) is 0. The SMILES string of the molecule is C[C@H]1C[C@H](C)CN(c2cc(N3CCOCC3)nc(NC(=S)NC[C@@H]3CCCO3)n2)C1. The molecule has 4 heterocycles. The molecule has 0 amide bonds. The fourth-order valence-electron chi connectivity index (χ4n) is 4.60. The molecule has 166 valence electrons. The number of anilines is 3. The molecule has 0 spiro atoms. The minimum Gasteiger partial charge on any atom is -0.378 e. The van der Waals surface area contributed by atoms with Gasteiger partial charge in [0.25, 0.3) is 0 Å². The third-order valence-corrected chi connectivity index (χ3v) is 6.21. The van der Waals surface area contributed by atoms with Crippen LogP contribution in [0.25, 0.3) is 0 Å². The highest BCUT2D eigenvalue weighted by Gasteiger charge is 2.25. The fourth-order valence-corrected chi connectivity index (χ4v) is 4.78. The number of thiocarbonyl (C=S) groups is 1. The van der Waals surface area contributed by atoms with E-state index in [4.69, 9.17) is 31.7 Å². The van der Waals surface area contributed by atoms with Crippen LogP contribution in [0, 0.1) is 11.8 Å². The van der Waals surface area contributed by atoms with Gasteiger partial charge in [0.2, 0.25) is 5.95 Å². The number of nitrogens with one attached hydrogen (secondary N) is 2. The van der Waals surface area contributed by atoms with Gasteiger partial charge >= 0.3 is 0 Å². The van der Waals surface area contributed by atoms with Crippen molar-refractivity contribution in [2.45, 2.75) is 39.2 Å². The van der Waals surface area contributed by atoms with Crippen molar-refractivity contribution in [3.8, 4) is 0 Å². The third kappa shape index (κ3) is 5.70. The predicted octanol–water partition coefficient (Wildman–Crippen LogP) is 2.26. The Balaban J connectivity index is 1.49. The van der Waals surface area contributed by atoms with Crippen LogP contribution in [0.15, 0.2) is 6.07 Å². The van der Waals surface area contributed by atoms with E-state index in [0.29, 0.717) is 29.4 Å². The van der Waals surface area contributed by atoms with Crippen LogP contribution in [0.1, 0.15) is 33.1 Å². The normalized spacial score (nSPS) is 27.2. The van der Waals surface area contributed by atoms with E-state index in [1.165, 1.54) is 6.42 Å². The number of nitrogens with zero attached hydrogens (tertiary/aromatic N) is 4. The van der Waals surface area contributed by atoms with Crippen LogP contribution in [0.2, 0.25) is 0 Å². The Morgan fingerprint density at radius 1 is 1.10 bits per heavy atom. The second kappa shape index (κ2) is 10.1. The van der Waals surface area contributed by atoms with Gasteiger partial charge in [0.05, 0.1) is 19.3 Å². The van der Waals surface area contributed by atoms with Crippen LogP contribution in [0.4, 0.5) is 17.6 Å². The zero-order chi connectivity index (χ0) is 20.9. The topological polar surface area (TPSA) is 74.8 Å². The van der Waals surface area contributed by atoms with Crippen LogP contribution in [-0.4, -0.2) is 73.7 Å². The zero-order valence-electron chi connectivity index (χ0n) is 18.1. The van der Waals surface area contributed by atoms with Crippen LogP contribution in [0.3, 0.4) is 0 Å². The van der Waals surface area contributed by atoms with Crippen molar-refractivity contribution in [2.75, 3.05) is 67.7 Å². The highest BCUT2D eigenvalue weighted by molar-refractivity contribution is 7.80. The smallest absolute Gasteiger partial charge is 0.232 e. The number of aromatic nitrogens is 2.